The van der Waals surface area contributed by atoms with Crippen molar-refractivity contribution in [2.45, 2.75) is 6.54 Å². The second kappa shape index (κ2) is 7.92. The number of furan rings is 1. The van der Waals surface area contributed by atoms with E-state index in [0.29, 0.717) is 23.6 Å². The van der Waals surface area contributed by atoms with Crippen LogP contribution in [0.25, 0.3) is 0 Å². The molecule has 0 bridgehead atoms. The van der Waals surface area contributed by atoms with Crippen molar-refractivity contribution in [1.29, 1.82) is 0 Å². The topological polar surface area (TPSA) is 85.8 Å². The Kier molecular flexibility index (Phi) is 5.42. The lowest BCUT2D eigenvalue weighted by atomic mass is 10.2. The number of nitro groups is 1. The second-order valence-electron chi connectivity index (χ2n) is 5.74. The molecule has 3 aromatic rings. The van der Waals surface area contributed by atoms with Crippen LogP contribution >= 0.6 is 11.6 Å². The van der Waals surface area contributed by atoms with Gasteiger partial charge < -0.3 is 14.1 Å². The molecule has 3 rings (SSSR count). The van der Waals surface area contributed by atoms with Crippen molar-refractivity contribution in [1.82, 2.24) is 4.90 Å². The van der Waals surface area contributed by atoms with Crippen LogP contribution in [-0.4, -0.2) is 22.8 Å². The van der Waals surface area contributed by atoms with Crippen molar-refractivity contribution in [3.8, 4) is 11.5 Å². The molecule has 138 valence electrons. The predicted octanol–water partition coefficient (Wildman–Crippen LogP) is 4.91. The molecule has 1 aromatic heterocycles. The number of amides is 1. The van der Waals surface area contributed by atoms with Crippen LogP contribution in [0.2, 0.25) is 5.02 Å². The van der Waals surface area contributed by atoms with E-state index in [1.807, 2.05) is 0 Å². The molecule has 2 aromatic carbocycles. The van der Waals surface area contributed by atoms with Crippen LogP contribution in [0, 0.1) is 10.1 Å². The maximum atomic E-state index is 12.5. The molecule has 0 aliphatic heterocycles. The van der Waals surface area contributed by atoms with Crippen LogP contribution in [0.3, 0.4) is 0 Å². The number of hydrogen-bond acceptors (Lipinski definition) is 5. The van der Waals surface area contributed by atoms with E-state index >= 15 is 0 Å². The summed E-state index contributed by atoms with van der Waals surface area (Å²) >= 11 is 5.79. The average Bonchev–Trinajstić information content (AvgIpc) is 3.16. The Bertz CT molecular complexity index is 955. The average molecular weight is 387 g/mol. The number of nitro benzene ring substituents is 1. The van der Waals surface area contributed by atoms with E-state index < -0.39 is 4.92 Å². The molecule has 0 saturated carbocycles. The minimum absolute atomic E-state index is 0.0680. The van der Waals surface area contributed by atoms with Crippen LogP contribution < -0.4 is 4.74 Å². The van der Waals surface area contributed by atoms with Gasteiger partial charge in [0, 0.05) is 23.7 Å². The highest BCUT2D eigenvalue weighted by molar-refractivity contribution is 6.30. The Labute approximate surface area is 159 Å². The van der Waals surface area contributed by atoms with Crippen LogP contribution in [0.1, 0.15) is 16.1 Å². The largest absolute Gasteiger partial charge is 0.467 e. The number of ether oxygens (including phenoxy) is 1. The minimum atomic E-state index is -0.567. The number of rotatable bonds is 6. The third kappa shape index (κ3) is 4.45. The number of nitrogens with zero attached hydrogens (tertiary/aromatic N) is 2. The quantitative estimate of drug-likeness (QED) is 0.444. The molecule has 0 spiro atoms. The Balaban J connectivity index is 1.72. The van der Waals surface area contributed by atoms with Crippen LogP contribution in [0.4, 0.5) is 5.69 Å². The van der Waals surface area contributed by atoms with E-state index in [4.69, 9.17) is 20.8 Å². The molecule has 0 aliphatic rings. The lowest BCUT2D eigenvalue weighted by Gasteiger charge is -2.16. The minimum Gasteiger partial charge on any atom is -0.467 e. The van der Waals surface area contributed by atoms with Gasteiger partial charge in [-0.25, -0.2) is 0 Å². The van der Waals surface area contributed by atoms with Gasteiger partial charge in [-0.1, -0.05) is 11.6 Å². The molecule has 0 fully saturated rings. The van der Waals surface area contributed by atoms with Gasteiger partial charge in [-0.05, 0) is 48.5 Å². The third-order valence-corrected chi connectivity index (χ3v) is 4.00. The van der Waals surface area contributed by atoms with Crippen LogP contribution in [0.15, 0.2) is 65.3 Å². The first-order valence-electron chi connectivity index (χ1n) is 7.94. The van der Waals surface area contributed by atoms with Gasteiger partial charge in [0.15, 0.2) is 0 Å². The van der Waals surface area contributed by atoms with Crippen molar-refractivity contribution < 1.29 is 18.9 Å². The molecule has 0 atom stereocenters. The summed E-state index contributed by atoms with van der Waals surface area (Å²) < 4.78 is 10.8. The lowest BCUT2D eigenvalue weighted by molar-refractivity contribution is -0.385. The molecule has 0 radical (unpaired) electrons. The van der Waals surface area contributed by atoms with Crippen molar-refractivity contribution in [2.75, 3.05) is 7.05 Å². The normalized spacial score (nSPS) is 10.4. The van der Waals surface area contributed by atoms with Crippen molar-refractivity contribution >= 4 is 23.2 Å². The number of halogens is 1. The van der Waals surface area contributed by atoms with Gasteiger partial charge >= 0.3 is 5.69 Å². The number of carbonyl (C=O) groups excluding carboxylic acids is 1. The molecule has 0 N–H and O–H groups in total. The van der Waals surface area contributed by atoms with E-state index in [0.717, 1.165) is 0 Å². The summed E-state index contributed by atoms with van der Waals surface area (Å²) in [7, 11) is 1.67. The molecule has 7 nitrogen and oxygen atoms in total. The smallest absolute Gasteiger partial charge is 0.313 e. The molecule has 0 saturated heterocycles. The molecule has 1 amide bonds. The predicted molar refractivity (Wildman–Crippen MR) is 99.1 cm³/mol. The fourth-order valence-electron chi connectivity index (χ4n) is 2.44. The first-order chi connectivity index (χ1) is 12.9. The SMILES string of the molecule is CN(Cc1ccco1)C(=O)c1ccc(Oc2ccc(Cl)cc2[N+](=O)[O-])cc1. The van der Waals surface area contributed by atoms with Gasteiger partial charge in [0.05, 0.1) is 17.7 Å². The van der Waals surface area contributed by atoms with Crippen LogP contribution in [-0.2, 0) is 6.54 Å². The van der Waals surface area contributed by atoms with Crippen molar-refractivity contribution in [2.24, 2.45) is 0 Å². The van der Waals surface area contributed by atoms with Crippen molar-refractivity contribution in [3.05, 3.63) is 87.3 Å². The van der Waals surface area contributed by atoms with Gasteiger partial charge in [-0.3, -0.25) is 14.9 Å². The van der Waals surface area contributed by atoms with E-state index in [1.54, 1.807) is 49.7 Å². The summed E-state index contributed by atoms with van der Waals surface area (Å²) in [6, 6.07) is 14.0. The van der Waals surface area contributed by atoms with Gasteiger partial charge in [0.2, 0.25) is 5.75 Å². The highest BCUT2D eigenvalue weighted by atomic mass is 35.5. The first kappa shape index (κ1) is 18.5. The summed E-state index contributed by atoms with van der Waals surface area (Å²) in [5.41, 5.74) is 0.225. The zero-order valence-electron chi connectivity index (χ0n) is 14.3. The molecular weight excluding hydrogens is 372 g/mol. The highest BCUT2D eigenvalue weighted by Gasteiger charge is 2.17. The molecule has 0 aliphatic carbocycles. The number of hydrogen-bond donors (Lipinski definition) is 0. The molecular formula is C19H15ClN2O5. The van der Waals surface area contributed by atoms with Crippen LogP contribution in [0.5, 0.6) is 11.5 Å². The Morgan fingerprint density at radius 3 is 2.59 bits per heavy atom. The van der Waals surface area contributed by atoms with Crippen molar-refractivity contribution in [3.63, 3.8) is 0 Å². The molecule has 27 heavy (non-hydrogen) atoms. The van der Waals surface area contributed by atoms with E-state index in [9.17, 15) is 14.9 Å². The summed E-state index contributed by atoms with van der Waals surface area (Å²) in [6.07, 6.45) is 1.55. The zero-order valence-corrected chi connectivity index (χ0v) is 15.1. The summed E-state index contributed by atoms with van der Waals surface area (Å²) in [5, 5.41) is 11.4. The molecule has 8 heteroatoms. The van der Waals surface area contributed by atoms with E-state index in [1.165, 1.54) is 23.1 Å². The highest BCUT2D eigenvalue weighted by Crippen LogP contribution is 2.33. The van der Waals surface area contributed by atoms with Gasteiger partial charge in [-0.2, -0.15) is 0 Å². The summed E-state index contributed by atoms with van der Waals surface area (Å²) in [6.45, 7) is 0.348. The Hall–Kier alpha value is -3.32. The Morgan fingerprint density at radius 1 is 1.22 bits per heavy atom. The fraction of sp³-hybridized carbons (Fsp3) is 0.105. The Morgan fingerprint density at radius 2 is 1.96 bits per heavy atom. The standard InChI is InChI=1S/C19H15ClN2O5/c1-21(12-16-3-2-10-26-16)19(23)13-4-7-15(8-5-13)27-18-9-6-14(20)11-17(18)22(24)25/h2-11H,12H2,1H3. The summed E-state index contributed by atoms with van der Waals surface area (Å²) in [5.74, 6) is 0.931. The molecule has 1 heterocycles. The third-order valence-electron chi connectivity index (χ3n) is 3.77. The van der Waals surface area contributed by atoms with Gasteiger partial charge in [0.25, 0.3) is 5.91 Å². The second-order valence-corrected chi connectivity index (χ2v) is 6.17. The number of carbonyl (C=O) groups is 1. The van der Waals surface area contributed by atoms with E-state index in [-0.39, 0.29) is 22.4 Å². The maximum Gasteiger partial charge on any atom is 0.313 e. The number of benzene rings is 2. The monoisotopic (exact) mass is 386 g/mol. The van der Waals surface area contributed by atoms with Gasteiger partial charge in [-0.15, -0.1) is 0 Å². The molecule has 0 unspecified atom stereocenters. The first-order valence-corrected chi connectivity index (χ1v) is 8.31. The van der Waals surface area contributed by atoms with Gasteiger partial charge in [0.1, 0.15) is 11.5 Å². The van der Waals surface area contributed by atoms with E-state index in [2.05, 4.69) is 0 Å². The fourth-order valence-corrected chi connectivity index (χ4v) is 2.61. The zero-order chi connectivity index (χ0) is 19.4. The maximum absolute atomic E-state index is 12.5. The lowest BCUT2D eigenvalue weighted by Crippen LogP contribution is -2.25. The summed E-state index contributed by atoms with van der Waals surface area (Å²) in [4.78, 5) is 24.5.